The van der Waals surface area contributed by atoms with E-state index in [1.54, 1.807) is 86.8 Å². The first-order valence-corrected chi connectivity index (χ1v) is 18.2. The predicted molar refractivity (Wildman–Crippen MR) is 199 cm³/mol. The number of phenols is 1. The maximum atomic E-state index is 15.4. The molecule has 0 radical (unpaired) electrons. The van der Waals surface area contributed by atoms with E-state index in [0.717, 1.165) is 10.6 Å². The summed E-state index contributed by atoms with van der Waals surface area (Å²) in [5, 5.41) is 12.4. The second-order valence-electron chi connectivity index (χ2n) is 13.7. The monoisotopic (exact) mass is 751 g/mol. The molecule has 0 spiro atoms. The highest BCUT2D eigenvalue weighted by atomic mass is 35.5. The van der Waals surface area contributed by atoms with Gasteiger partial charge in [0.25, 0.3) is 11.8 Å². The Balaban J connectivity index is 1.35. The highest BCUT2D eigenvalue weighted by Crippen LogP contribution is 2.64. The van der Waals surface area contributed by atoms with Gasteiger partial charge in [0, 0.05) is 10.9 Å². The number of hydrazine groups is 1. The van der Waals surface area contributed by atoms with Gasteiger partial charge in [0.1, 0.15) is 5.75 Å². The van der Waals surface area contributed by atoms with Gasteiger partial charge in [-0.1, -0.05) is 71.2 Å². The van der Waals surface area contributed by atoms with Crippen LogP contribution >= 0.6 is 23.2 Å². The molecule has 0 unspecified atom stereocenters. The van der Waals surface area contributed by atoms with Gasteiger partial charge in [0.05, 0.1) is 53.3 Å². The molecule has 2 aliphatic heterocycles. The van der Waals surface area contributed by atoms with E-state index in [4.69, 9.17) is 32.7 Å². The van der Waals surface area contributed by atoms with Crippen molar-refractivity contribution in [1.82, 2.24) is 5.01 Å². The van der Waals surface area contributed by atoms with Gasteiger partial charge in [-0.05, 0) is 91.4 Å². The van der Waals surface area contributed by atoms with E-state index >= 15 is 4.79 Å². The van der Waals surface area contributed by atoms with Crippen molar-refractivity contribution in [1.29, 1.82) is 0 Å². The number of para-hydroxylation sites is 1. The fraction of sp³-hybridized carbons (Fsp3) is 0.268. The summed E-state index contributed by atoms with van der Waals surface area (Å²) >= 11 is 12.7. The molecular formula is C41H35Cl2N3O7. The van der Waals surface area contributed by atoms with Crippen LogP contribution in [0.5, 0.6) is 17.2 Å². The third-order valence-corrected chi connectivity index (χ3v) is 11.8. The number of hydrogen-bond acceptors (Lipinski definition) is 8. The largest absolute Gasteiger partial charge is 0.504 e. The molecule has 6 atom stereocenters. The lowest BCUT2D eigenvalue weighted by molar-refractivity contribution is -0.138. The third kappa shape index (κ3) is 5.29. The van der Waals surface area contributed by atoms with Crippen molar-refractivity contribution in [3.8, 4) is 17.2 Å². The minimum Gasteiger partial charge on any atom is -0.504 e. The zero-order valence-corrected chi connectivity index (χ0v) is 30.3. The molecule has 4 amide bonds. The van der Waals surface area contributed by atoms with E-state index in [1.165, 1.54) is 17.0 Å². The molecule has 8 rings (SSSR count). The fourth-order valence-corrected chi connectivity index (χ4v) is 9.48. The van der Waals surface area contributed by atoms with Crippen molar-refractivity contribution in [2.24, 2.45) is 23.7 Å². The SMILES string of the molecule is CCOc1cc([C@H]2C3=CC[C@@H]4C(=O)N(c5ccccc5)C(=O)[C@@H]4[C@@H]3C[C@H]3C(=O)N(Nc4ccc(Cl)cc4Cl)C(=O)[C@@]23c2ccc(OC)cc2)ccc1O. The van der Waals surface area contributed by atoms with Gasteiger partial charge in [0.15, 0.2) is 11.5 Å². The van der Waals surface area contributed by atoms with Gasteiger partial charge in [-0.25, -0.2) is 0 Å². The third-order valence-electron chi connectivity index (χ3n) is 11.2. The topological polar surface area (TPSA) is 125 Å². The number of imide groups is 2. The van der Waals surface area contributed by atoms with Crippen molar-refractivity contribution in [2.75, 3.05) is 24.0 Å². The van der Waals surface area contributed by atoms with Crippen molar-refractivity contribution in [2.45, 2.75) is 31.1 Å². The van der Waals surface area contributed by atoms with E-state index in [2.05, 4.69) is 5.43 Å². The lowest BCUT2D eigenvalue weighted by atomic mass is 9.49. The maximum Gasteiger partial charge on any atom is 0.260 e. The van der Waals surface area contributed by atoms with Crippen LogP contribution in [0.4, 0.5) is 11.4 Å². The number of nitrogens with zero attached hydrogens (tertiary/aromatic N) is 2. The van der Waals surface area contributed by atoms with E-state index in [9.17, 15) is 19.5 Å². The number of aromatic hydroxyl groups is 1. The minimum atomic E-state index is -1.55. The number of benzene rings is 4. The van der Waals surface area contributed by atoms with E-state index in [0.29, 0.717) is 33.3 Å². The van der Waals surface area contributed by atoms with Crippen LogP contribution in [0.25, 0.3) is 0 Å². The number of phenolic OH excluding ortho intramolecular Hbond substituents is 1. The Morgan fingerprint density at radius 3 is 2.34 bits per heavy atom. The first-order valence-electron chi connectivity index (χ1n) is 17.4. The first kappa shape index (κ1) is 34.7. The van der Waals surface area contributed by atoms with E-state index in [1.807, 2.05) is 12.1 Å². The summed E-state index contributed by atoms with van der Waals surface area (Å²) in [5.74, 6) is -4.76. The Labute approximate surface area is 315 Å². The zero-order valence-electron chi connectivity index (χ0n) is 28.8. The molecule has 1 saturated carbocycles. The summed E-state index contributed by atoms with van der Waals surface area (Å²) in [7, 11) is 1.55. The number of rotatable bonds is 8. The summed E-state index contributed by atoms with van der Waals surface area (Å²) < 4.78 is 11.3. The summed E-state index contributed by atoms with van der Waals surface area (Å²) in [6.45, 7) is 2.07. The van der Waals surface area contributed by atoms with Crippen LogP contribution in [0.3, 0.4) is 0 Å². The van der Waals surface area contributed by atoms with Crippen LogP contribution in [0, 0.1) is 23.7 Å². The Kier molecular flexibility index (Phi) is 8.70. The molecule has 0 bridgehead atoms. The number of allylic oxidation sites excluding steroid dienone is 2. The van der Waals surface area contributed by atoms with Crippen molar-refractivity contribution >= 4 is 58.2 Å². The van der Waals surface area contributed by atoms with Crippen molar-refractivity contribution < 1.29 is 33.8 Å². The molecular weight excluding hydrogens is 717 g/mol. The number of ether oxygens (including phenoxy) is 2. The maximum absolute atomic E-state index is 15.4. The first-order chi connectivity index (χ1) is 25.6. The fourth-order valence-electron chi connectivity index (χ4n) is 9.03. The normalized spacial score (nSPS) is 26.2. The number of anilines is 2. The second-order valence-corrected chi connectivity index (χ2v) is 14.6. The van der Waals surface area contributed by atoms with Gasteiger partial charge in [0.2, 0.25) is 11.8 Å². The number of carbonyl (C=O) groups excluding carboxylic acids is 4. The van der Waals surface area contributed by atoms with E-state index < -0.39 is 46.8 Å². The number of halogens is 2. The average Bonchev–Trinajstić information content (AvgIpc) is 3.54. The van der Waals surface area contributed by atoms with Gasteiger partial charge >= 0.3 is 0 Å². The molecule has 53 heavy (non-hydrogen) atoms. The molecule has 270 valence electrons. The summed E-state index contributed by atoms with van der Waals surface area (Å²) in [6, 6.07) is 25.6. The minimum absolute atomic E-state index is 0.0831. The van der Waals surface area contributed by atoms with Crippen molar-refractivity contribution in [3.05, 3.63) is 124 Å². The average molecular weight is 753 g/mol. The highest BCUT2D eigenvalue weighted by molar-refractivity contribution is 6.36. The number of methoxy groups -OCH3 is 1. The molecule has 10 nitrogen and oxygen atoms in total. The molecule has 2 heterocycles. The summed E-state index contributed by atoms with van der Waals surface area (Å²) in [6.07, 6.45) is 2.37. The van der Waals surface area contributed by atoms with Crippen LogP contribution in [0.15, 0.2) is 103 Å². The quantitative estimate of drug-likeness (QED) is 0.142. The molecule has 4 aromatic rings. The van der Waals surface area contributed by atoms with Gasteiger partial charge in [-0.2, -0.15) is 5.01 Å². The summed E-state index contributed by atoms with van der Waals surface area (Å²) in [4.78, 5) is 60.1. The Morgan fingerprint density at radius 1 is 0.887 bits per heavy atom. The van der Waals surface area contributed by atoms with Gasteiger partial charge in [-0.15, -0.1) is 0 Å². The second kappa shape index (κ2) is 13.3. The number of fused-ring (bicyclic) bond motifs is 4. The van der Waals surface area contributed by atoms with Crippen molar-refractivity contribution in [3.63, 3.8) is 0 Å². The lowest BCUT2D eigenvalue weighted by Crippen LogP contribution is -2.53. The Bertz CT molecular complexity index is 2190. The van der Waals surface area contributed by atoms with Crippen LogP contribution in [-0.2, 0) is 24.6 Å². The lowest BCUT2D eigenvalue weighted by Gasteiger charge is -2.50. The van der Waals surface area contributed by atoms with E-state index in [-0.39, 0.29) is 47.8 Å². The molecule has 0 aromatic heterocycles. The number of amides is 4. The molecule has 4 aromatic carbocycles. The zero-order chi connectivity index (χ0) is 37.2. The Hall–Kier alpha value is -5.32. The van der Waals surface area contributed by atoms with Gasteiger partial charge < -0.3 is 14.6 Å². The van der Waals surface area contributed by atoms with Crippen LogP contribution in [-0.4, -0.2) is 47.5 Å². The molecule has 12 heteroatoms. The highest BCUT2D eigenvalue weighted by Gasteiger charge is 2.70. The Morgan fingerprint density at radius 2 is 1.64 bits per heavy atom. The molecule has 2 N–H and O–H groups in total. The van der Waals surface area contributed by atoms with Crippen LogP contribution in [0.1, 0.15) is 36.8 Å². The standard InChI is InChI=1S/C41H35Cl2N3O7/c1-3-53-34-19-22(9-18-33(34)47)36-27-15-16-28-35(39(50)45(37(28)48)25-7-5-4-6-8-25)29(27)21-30-38(49)46(44-32-17-12-24(42)20-31(32)43)40(51)41(30,36)23-10-13-26(52-2)14-11-23/h4-15,17-20,28-30,35-36,44,47H,3,16,21H2,1-2H3/t28-,29+,30-,35-,36-,41+/m0/s1. The van der Waals surface area contributed by atoms with Crippen LogP contribution < -0.4 is 19.8 Å². The summed E-state index contributed by atoms with van der Waals surface area (Å²) in [5.41, 5.74) is 4.18. The predicted octanol–water partition coefficient (Wildman–Crippen LogP) is 7.30. The number of nitrogens with one attached hydrogen (secondary N) is 1. The molecule has 4 aliphatic rings. The number of hydrogen-bond donors (Lipinski definition) is 2. The van der Waals surface area contributed by atoms with Gasteiger partial charge in [-0.3, -0.25) is 29.5 Å². The van der Waals surface area contributed by atoms with Crippen LogP contribution in [0.2, 0.25) is 10.0 Å². The smallest absolute Gasteiger partial charge is 0.260 e. The number of carbonyl (C=O) groups is 4. The molecule has 2 saturated heterocycles. The molecule has 3 fully saturated rings. The molecule has 2 aliphatic carbocycles.